The highest BCUT2D eigenvalue weighted by atomic mass is 28.4. The third-order valence-electron chi connectivity index (χ3n) is 5.42. The van der Waals surface area contributed by atoms with E-state index in [0.717, 1.165) is 11.3 Å². The second kappa shape index (κ2) is 6.90. The fourth-order valence-electron chi connectivity index (χ4n) is 2.90. The molecule has 0 aliphatic carbocycles. The average molecular weight is 354 g/mol. The number of nitrogens with two attached hydrogens (primary N) is 1. The van der Waals surface area contributed by atoms with Crippen LogP contribution >= 0.6 is 0 Å². The number of hydrogen-bond acceptors (Lipinski definition) is 5. The lowest BCUT2D eigenvalue weighted by atomic mass is 9.85. The number of halogens is 1. The lowest BCUT2D eigenvalue weighted by Gasteiger charge is -2.35. The van der Waals surface area contributed by atoms with Crippen molar-refractivity contribution in [3.63, 3.8) is 0 Å². The molecule has 2 rings (SSSR count). The van der Waals surface area contributed by atoms with Gasteiger partial charge in [0.2, 0.25) is 5.95 Å². The monoisotopic (exact) mass is 353 g/mol. The Kier molecular flexibility index (Phi) is 5.46. The van der Waals surface area contributed by atoms with Crippen molar-refractivity contribution < 1.29 is 14.0 Å². The summed E-state index contributed by atoms with van der Waals surface area (Å²) in [5, 5.41) is 3.80. The Morgan fingerprint density at radius 3 is 2.67 bits per heavy atom. The van der Waals surface area contributed by atoms with Crippen LogP contribution in [0, 0.1) is 5.95 Å². The van der Waals surface area contributed by atoms with Crippen LogP contribution in [0.2, 0.25) is 18.1 Å². The zero-order valence-corrected chi connectivity index (χ0v) is 16.1. The quantitative estimate of drug-likeness (QED) is 0.608. The number of oxime groups is 1. The summed E-state index contributed by atoms with van der Waals surface area (Å²) in [5.41, 5.74) is 7.99. The van der Waals surface area contributed by atoms with Gasteiger partial charge < -0.3 is 15.4 Å². The molecular formula is C17H28FN3O2Si. The van der Waals surface area contributed by atoms with E-state index in [1.807, 2.05) is 39.9 Å². The van der Waals surface area contributed by atoms with Crippen LogP contribution in [0.5, 0.6) is 0 Å². The molecule has 2 unspecified atom stereocenters. The van der Waals surface area contributed by atoms with Crippen LogP contribution in [-0.4, -0.2) is 36.5 Å². The van der Waals surface area contributed by atoms with Gasteiger partial charge in [-0.2, -0.15) is 4.39 Å². The SMILES string of the molecule is CC1=NOC(CN)C1c1ccnc(F)c1CCC(C)(C)[Si](C)(C)O. The fourth-order valence-corrected chi connectivity index (χ4v) is 3.64. The van der Waals surface area contributed by atoms with Gasteiger partial charge in [-0.25, -0.2) is 4.98 Å². The summed E-state index contributed by atoms with van der Waals surface area (Å²) >= 11 is 0. The van der Waals surface area contributed by atoms with Gasteiger partial charge >= 0.3 is 0 Å². The van der Waals surface area contributed by atoms with Crippen LogP contribution in [0.15, 0.2) is 17.4 Å². The van der Waals surface area contributed by atoms with Gasteiger partial charge in [-0.15, -0.1) is 0 Å². The summed E-state index contributed by atoms with van der Waals surface area (Å²) in [7, 11) is -2.35. The van der Waals surface area contributed by atoms with Gasteiger partial charge in [0.15, 0.2) is 14.4 Å². The summed E-state index contributed by atoms with van der Waals surface area (Å²) < 4.78 is 14.5. The Hall–Kier alpha value is -1.31. The maximum absolute atomic E-state index is 14.5. The molecule has 1 aromatic rings. The first-order chi connectivity index (χ1) is 11.1. The Balaban J connectivity index is 2.33. The topological polar surface area (TPSA) is 80.7 Å². The molecule has 0 fully saturated rings. The van der Waals surface area contributed by atoms with Crippen LogP contribution < -0.4 is 5.73 Å². The normalized spacial score (nSPS) is 21.6. The van der Waals surface area contributed by atoms with E-state index in [9.17, 15) is 9.19 Å². The van der Waals surface area contributed by atoms with E-state index in [4.69, 9.17) is 10.6 Å². The molecule has 2 atom stereocenters. The molecule has 5 nitrogen and oxygen atoms in total. The van der Waals surface area contributed by atoms with Crippen molar-refractivity contribution in [1.82, 2.24) is 4.98 Å². The van der Waals surface area contributed by atoms with Crippen LogP contribution in [-0.2, 0) is 11.3 Å². The van der Waals surface area contributed by atoms with E-state index >= 15 is 0 Å². The number of aromatic nitrogens is 1. The summed E-state index contributed by atoms with van der Waals surface area (Å²) in [5.74, 6) is -0.610. The minimum Gasteiger partial charge on any atom is -0.432 e. The maximum atomic E-state index is 14.5. The second-order valence-corrected chi connectivity index (χ2v) is 12.2. The van der Waals surface area contributed by atoms with Crippen molar-refractivity contribution >= 4 is 14.0 Å². The Morgan fingerprint density at radius 2 is 2.08 bits per heavy atom. The Bertz CT molecular complexity index is 629. The smallest absolute Gasteiger partial charge is 0.216 e. The van der Waals surface area contributed by atoms with E-state index in [-0.39, 0.29) is 17.1 Å². The molecule has 134 valence electrons. The van der Waals surface area contributed by atoms with Crippen LogP contribution in [0.4, 0.5) is 4.39 Å². The molecule has 0 saturated carbocycles. The molecule has 0 spiro atoms. The van der Waals surface area contributed by atoms with Gasteiger partial charge in [0.1, 0.15) is 0 Å². The Morgan fingerprint density at radius 1 is 1.42 bits per heavy atom. The highest BCUT2D eigenvalue weighted by molar-refractivity contribution is 6.72. The molecule has 1 aliphatic heterocycles. The molecule has 0 radical (unpaired) electrons. The molecule has 1 aromatic heterocycles. The predicted molar refractivity (Wildman–Crippen MR) is 96.0 cm³/mol. The fraction of sp³-hybridized carbons (Fsp3) is 0.647. The summed E-state index contributed by atoms with van der Waals surface area (Å²) in [4.78, 5) is 19.7. The number of rotatable bonds is 6. The van der Waals surface area contributed by atoms with Gasteiger partial charge in [-0.05, 0) is 49.5 Å². The zero-order valence-electron chi connectivity index (χ0n) is 15.1. The van der Waals surface area contributed by atoms with Gasteiger partial charge in [0.05, 0.1) is 11.6 Å². The molecule has 7 heteroatoms. The van der Waals surface area contributed by atoms with E-state index in [0.29, 0.717) is 24.9 Å². The standard InChI is InChI=1S/C17H28FN3O2Si/c1-11-15(14(10-19)23-21-11)12-7-9-20-16(18)13(12)6-8-17(2,3)24(4,5)22/h7,9,14-15,22H,6,8,10,19H2,1-5H3. The lowest BCUT2D eigenvalue weighted by Crippen LogP contribution is -2.39. The van der Waals surface area contributed by atoms with Gasteiger partial charge in [-0.3, -0.25) is 0 Å². The Labute approximate surface area is 144 Å². The van der Waals surface area contributed by atoms with Crippen LogP contribution in [0.25, 0.3) is 0 Å². The molecule has 2 heterocycles. The first-order valence-electron chi connectivity index (χ1n) is 8.34. The van der Waals surface area contributed by atoms with Crippen LogP contribution in [0.3, 0.4) is 0 Å². The highest BCUT2D eigenvalue weighted by Gasteiger charge is 2.39. The third-order valence-corrected chi connectivity index (χ3v) is 8.98. The largest absolute Gasteiger partial charge is 0.432 e. The molecule has 0 bridgehead atoms. The van der Waals surface area contributed by atoms with Crippen LogP contribution in [0.1, 0.15) is 44.2 Å². The van der Waals surface area contributed by atoms with E-state index < -0.39 is 14.3 Å². The number of hydrogen-bond donors (Lipinski definition) is 2. The minimum absolute atomic E-state index is 0.148. The third kappa shape index (κ3) is 3.68. The van der Waals surface area contributed by atoms with E-state index in [1.54, 1.807) is 0 Å². The number of pyridine rings is 1. The van der Waals surface area contributed by atoms with E-state index in [1.165, 1.54) is 6.20 Å². The molecule has 0 amide bonds. The van der Waals surface area contributed by atoms with Crippen molar-refractivity contribution in [3.8, 4) is 0 Å². The first kappa shape index (κ1) is 19.0. The van der Waals surface area contributed by atoms with Crippen molar-refractivity contribution in [1.29, 1.82) is 0 Å². The van der Waals surface area contributed by atoms with Gasteiger partial charge in [-0.1, -0.05) is 19.0 Å². The molecule has 1 aliphatic rings. The molecule has 0 saturated heterocycles. The minimum atomic E-state index is -2.35. The second-order valence-electron chi connectivity index (χ2n) is 7.70. The lowest BCUT2D eigenvalue weighted by molar-refractivity contribution is 0.0825. The van der Waals surface area contributed by atoms with Gasteiger partial charge in [0, 0.05) is 18.3 Å². The average Bonchev–Trinajstić information content (AvgIpc) is 2.85. The summed E-state index contributed by atoms with van der Waals surface area (Å²) in [6, 6.07) is 1.83. The molecular weight excluding hydrogens is 325 g/mol. The van der Waals surface area contributed by atoms with Crippen molar-refractivity contribution in [2.45, 2.75) is 63.8 Å². The highest BCUT2D eigenvalue weighted by Crippen LogP contribution is 2.41. The molecule has 3 N–H and O–H groups in total. The summed E-state index contributed by atoms with van der Waals surface area (Å²) in [6.07, 6.45) is 2.40. The molecule has 24 heavy (non-hydrogen) atoms. The van der Waals surface area contributed by atoms with Crippen molar-refractivity contribution in [3.05, 3.63) is 29.3 Å². The number of nitrogens with zero attached hydrogens (tertiary/aromatic N) is 2. The maximum Gasteiger partial charge on any atom is 0.216 e. The van der Waals surface area contributed by atoms with Crippen molar-refractivity contribution in [2.24, 2.45) is 10.9 Å². The predicted octanol–water partition coefficient (Wildman–Crippen LogP) is 2.95. The van der Waals surface area contributed by atoms with Gasteiger partial charge in [0.25, 0.3) is 0 Å². The van der Waals surface area contributed by atoms with E-state index in [2.05, 4.69) is 10.1 Å². The summed E-state index contributed by atoms with van der Waals surface area (Å²) in [6.45, 7) is 10.1. The molecule has 0 aromatic carbocycles. The zero-order chi connectivity index (χ0) is 18.1. The first-order valence-corrected chi connectivity index (χ1v) is 11.3. The van der Waals surface area contributed by atoms with Crippen molar-refractivity contribution in [2.75, 3.05) is 6.54 Å².